The minimum absolute atomic E-state index is 0.151. The van der Waals surface area contributed by atoms with Crippen LogP contribution in [0.1, 0.15) is 10.4 Å². The van der Waals surface area contributed by atoms with Gasteiger partial charge < -0.3 is 10.5 Å². The molecule has 0 unspecified atom stereocenters. The van der Waals surface area contributed by atoms with Crippen LogP contribution >= 0.6 is 34.2 Å². The number of benzene rings is 1. The molecule has 0 heterocycles. The summed E-state index contributed by atoms with van der Waals surface area (Å²) in [5.74, 6) is 0.0610. The van der Waals surface area contributed by atoms with Crippen molar-refractivity contribution in [3.63, 3.8) is 0 Å². The summed E-state index contributed by atoms with van der Waals surface area (Å²) < 4.78 is 5.35. The van der Waals surface area contributed by atoms with E-state index >= 15 is 0 Å². The van der Waals surface area contributed by atoms with E-state index in [1.54, 1.807) is 18.2 Å². The molecule has 0 aliphatic rings. The van der Waals surface area contributed by atoms with Crippen LogP contribution in [0.5, 0.6) is 0 Å². The number of methoxy groups -OCH3 is 1. The lowest BCUT2D eigenvalue weighted by atomic mass is 10.2. The number of alkyl halides is 1. The first-order valence-electron chi connectivity index (χ1n) is 4.36. The largest absolute Gasteiger partial charge is 0.465 e. The van der Waals surface area contributed by atoms with E-state index < -0.39 is 5.97 Å². The van der Waals surface area contributed by atoms with Gasteiger partial charge in [0.2, 0.25) is 0 Å². The minimum Gasteiger partial charge on any atom is -0.465 e. The average Bonchev–Trinajstić information content (AvgIpc) is 2.30. The van der Waals surface area contributed by atoms with Crippen molar-refractivity contribution in [3.05, 3.63) is 27.3 Å². The predicted octanol–water partition coefficient (Wildman–Crippen LogP) is 2.31. The topological polar surface area (TPSA) is 64.7 Å². The number of halogens is 2. The van der Waals surface area contributed by atoms with E-state index in [-0.39, 0.29) is 5.88 Å². The summed E-state index contributed by atoms with van der Waals surface area (Å²) in [7, 11) is 1.33. The molecule has 0 aliphatic heterocycles. The SMILES string of the molecule is COC(=O)c1cccc(N=C(N)CCl)c1I. The van der Waals surface area contributed by atoms with Gasteiger partial charge in [0.25, 0.3) is 0 Å². The van der Waals surface area contributed by atoms with Crippen LogP contribution in [0.15, 0.2) is 23.2 Å². The third-order valence-electron chi connectivity index (χ3n) is 1.78. The van der Waals surface area contributed by atoms with Crippen molar-refractivity contribution in [2.75, 3.05) is 13.0 Å². The molecule has 0 fully saturated rings. The maximum Gasteiger partial charge on any atom is 0.339 e. The normalized spacial score (nSPS) is 11.3. The molecule has 1 rings (SSSR count). The molecule has 0 atom stereocenters. The third kappa shape index (κ3) is 3.08. The molecule has 0 saturated carbocycles. The van der Waals surface area contributed by atoms with Crippen LogP contribution in [-0.4, -0.2) is 24.8 Å². The van der Waals surface area contributed by atoms with Crippen molar-refractivity contribution in [3.8, 4) is 0 Å². The lowest BCUT2D eigenvalue weighted by Crippen LogP contribution is -2.12. The van der Waals surface area contributed by atoms with E-state index in [0.29, 0.717) is 20.7 Å². The fourth-order valence-electron chi connectivity index (χ4n) is 1.06. The Morgan fingerprint density at radius 1 is 1.62 bits per heavy atom. The molecule has 86 valence electrons. The highest BCUT2D eigenvalue weighted by Gasteiger charge is 2.12. The molecule has 4 nitrogen and oxygen atoms in total. The Balaban J connectivity index is 3.19. The molecule has 0 bridgehead atoms. The summed E-state index contributed by atoms with van der Waals surface area (Å²) in [6.07, 6.45) is 0. The Labute approximate surface area is 112 Å². The van der Waals surface area contributed by atoms with Gasteiger partial charge in [-0.3, -0.25) is 0 Å². The van der Waals surface area contributed by atoms with Gasteiger partial charge in [0.15, 0.2) is 0 Å². The molecule has 0 spiro atoms. The number of ether oxygens (including phenoxy) is 1. The monoisotopic (exact) mass is 352 g/mol. The number of amidine groups is 1. The number of aliphatic imine (C=N–C) groups is 1. The third-order valence-corrected chi connectivity index (χ3v) is 3.19. The Morgan fingerprint density at radius 2 is 2.31 bits per heavy atom. The van der Waals surface area contributed by atoms with E-state index in [4.69, 9.17) is 17.3 Å². The summed E-state index contributed by atoms with van der Waals surface area (Å²) >= 11 is 7.56. The van der Waals surface area contributed by atoms with Crippen LogP contribution in [0.4, 0.5) is 5.69 Å². The van der Waals surface area contributed by atoms with Crippen LogP contribution in [0.2, 0.25) is 0 Å². The van der Waals surface area contributed by atoms with Crippen LogP contribution in [0, 0.1) is 3.57 Å². The maximum absolute atomic E-state index is 11.4. The quantitative estimate of drug-likeness (QED) is 0.298. The summed E-state index contributed by atoms with van der Waals surface area (Å²) in [6, 6.07) is 5.14. The lowest BCUT2D eigenvalue weighted by Gasteiger charge is -2.05. The molecule has 0 amide bonds. The number of nitrogens with two attached hydrogens (primary N) is 1. The van der Waals surface area contributed by atoms with E-state index in [2.05, 4.69) is 9.73 Å². The number of hydrogen-bond donors (Lipinski definition) is 1. The minimum atomic E-state index is -0.397. The van der Waals surface area contributed by atoms with Gasteiger partial charge in [-0.1, -0.05) is 6.07 Å². The number of nitrogens with zero attached hydrogens (tertiary/aromatic N) is 1. The number of rotatable bonds is 3. The summed E-state index contributed by atoms with van der Waals surface area (Å²) in [6.45, 7) is 0. The predicted molar refractivity (Wildman–Crippen MR) is 72.5 cm³/mol. The highest BCUT2D eigenvalue weighted by Crippen LogP contribution is 2.25. The van der Waals surface area contributed by atoms with Crippen molar-refractivity contribution in [2.45, 2.75) is 0 Å². The molecule has 2 N–H and O–H groups in total. The molecule has 16 heavy (non-hydrogen) atoms. The number of carbonyl (C=O) groups excluding carboxylic acids is 1. The first-order chi connectivity index (χ1) is 7.60. The average molecular weight is 353 g/mol. The van der Waals surface area contributed by atoms with E-state index in [1.807, 2.05) is 22.6 Å². The van der Waals surface area contributed by atoms with Crippen molar-refractivity contribution in [1.82, 2.24) is 0 Å². The Morgan fingerprint density at radius 3 is 2.88 bits per heavy atom. The molecular formula is C10H10ClIN2O2. The summed E-state index contributed by atoms with van der Waals surface area (Å²) in [4.78, 5) is 15.5. The van der Waals surface area contributed by atoms with Gasteiger partial charge in [-0.25, -0.2) is 9.79 Å². The van der Waals surface area contributed by atoms with E-state index in [9.17, 15) is 4.79 Å². The zero-order valence-electron chi connectivity index (χ0n) is 8.54. The zero-order chi connectivity index (χ0) is 12.1. The number of esters is 1. The van der Waals surface area contributed by atoms with Crippen molar-refractivity contribution >= 4 is 51.7 Å². The molecule has 0 aromatic heterocycles. The van der Waals surface area contributed by atoms with Crippen LogP contribution in [0.3, 0.4) is 0 Å². The van der Waals surface area contributed by atoms with Crippen molar-refractivity contribution in [1.29, 1.82) is 0 Å². The first kappa shape index (κ1) is 13.2. The highest BCUT2D eigenvalue weighted by atomic mass is 127. The van der Waals surface area contributed by atoms with Gasteiger partial charge in [-0.15, -0.1) is 11.6 Å². The van der Waals surface area contributed by atoms with Gasteiger partial charge in [-0.2, -0.15) is 0 Å². The standard InChI is InChI=1S/C10H10ClIN2O2/c1-16-10(15)6-3-2-4-7(9(6)12)14-8(13)5-11/h2-4H,5H2,1H3,(H2,13,14). The molecular weight excluding hydrogens is 342 g/mol. The highest BCUT2D eigenvalue weighted by molar-refractivity contribution is 14.1. The van der Waals surface area contributed by atoms with Crippen LogP contribution in [-0.2, 0) is 4.74 Å². The van der Waals surface area contributed by atoms with Gasteiger partial charge in [0.1, 0.15) is 5.84 Å². The summed E-state index contributed by atoms with van der Waals surface area (Å²) in [5.41, 5.74) is 6.61. The van der Waals surface area contributed by atoms with Gasteiger partial charge in [-0.05, 0) is 34.7 Å². The van der Waals surface area contributed by atoms with Crippen LogP contribution in [0.25, 0.3) is 0 Å². The fraction of sp³-hybridized carbons (Fsp3) is 0.200. The molecule has 1 aromatic carbocycles. The van der Waals surface area contributed by atoms with Gasteiger partial charge in [0.05, 0.1) is 27.8 Å². The van der Waals surface area contributed by atoms with Crippen molar-refractivity contribution in [2.24, 2.45) is 10.7 Å². The summed E-state index contributed by atoms with van der Waals surface area (Å²) in [5, 5.41) is 0. The number of carbonyl (C=O) groups is 1. The second-order valence-corrected chi connectivity index (χ2v) is 4.21. The zero-order valence-corrected chi connectivity index (χ0v) is 11.4. The molecule has 6 heteroatoms. The molecule has 0 saturated heterocycles. The van der Waals surface area contributed by atoms with E-state index in [0.717, 1.165) is 0 Å². The van der Waals surface area contributed by atoms with E-state index in [1.165, 1.54) is 7.11 Å². The maximum atomic E-state index is 11.4. The molecule has 0 radical (unpaired) electrons. The lowest BCUT2D eigenvalue weighted by molar-refractivity contribution is 0.0599. The van der Waals surface area contributed by atoms with Gasteiger partial charge in [0, 0.05) is 0 Å². The second-order valence-electron chi connectivity index (χ2n) is 2.87. The first-order valence-corrected chi connectivity index (χ1v) is 5.97. The second kappa shape index (κ2) is 6.05. The Hall–Kier alpha value is -0.820. The molecule has 0 aliphatic carbocycles. The smallest absolute Gasteiger partial charge is 0.339 e. The van der Waals surface area contributed by atoms with Crippen LogP contribution < -0.4 is 5.73 Å². The molecule has 1 aromatic rings. The number of hydrogen-bond acceptors (Lipinski definition) is 3. The van der Waals surface area contributed by atoms with Crippen molar-refractivity contribution < 1.29 is 9.53 Å². The Kier molecular flexibility index (Phi) is 5.01. The fourth-order valence-corrected chi connectivity index (χ4v) is 1.82. The van der Waals surface area contributed by atoms with Gasteiger partial charge >= 0.3 is 5.97 Å². The Bertz CT molecular complexity index is 435.